The molecule has 0 aromatic heterocycles. The van der Waals surface area contributed by atoms with Crippen molar-refractivity contribution in [2.75, 3.05) is 7.05 Å². The summed E-state index contributed by atoms with van der Waals surface area (Å²) in [6.07, 6.45) is 3.88. The monoisotopic (exact) mass is 155 g/mol. The molecule has 0 bridgehead atoms. The zero-order chi connectivity index (χ0) is 9.28. The maximum atomic E-state index is 3.86. The molecule has 0 aliphatic heterocycles. The highest BCUT2D eigenvalue weighted by atomic mass is 14.6. The summed E-state index contributed by atoms with van der Waals surface area (Å²) in [5.41, 5.74) is 1.38. The first-order valence-corrected chi connectivity index (χ1v) is 4.27. The predicted octanol–water partition coefficient (Wildman–Crippen LogP) is 3.32. The Bertz CT molecular complexity index is 121. The number of hydrogen-bond acceptors (Lipinski definition) is 1. The molecule has 0 amide bonds. The Morgan fingerprint density at radius 1 is 1.27 bits per heavy atom. The van der Waals surface area contributed by atoms with Crippen LogP contribution in [0.2, 0.25) is 0 Å². The van der Waals surface area contributed by atoms with Gasteiger partial charge < -0.3 is 0 Å². The zero-order valence-electron chi connectivity index (χ0n) is 8.68. The molecule has 0 N–H and O–H groups in total. The van der Waals surface area contributed by atoms with E-state index in [2.05, 4.69) is 25.8 Å². The third-order valence-corrected chi connectivity index (χ3v) is 1.40. The maximum absolute atomic E-state index is 3.86. The lowest BCUT2D eigenvalue weighted by molar-refractivity contribution is 0.771. The molecule has 0 spiro atoms. The molecule has 0 aliphatic carbocycles. The summed E-state index contributed by atoms with van der Waals surface area (Å²) in [4.78, 5) is 3.86. The number of rotatable bonds is 2. The van der Waals surface area contributed by atoms with Gasteiger partial charge in [0.1, 0.15) is 0 Å². The van der Waals surface area contributed by atoms with Gasteiger partial charge in [0.15, 0.2) is 0 Å². The van der Waals surface area contributed by atoms with Crippen LogP contribution >= 0.6 is 0 Å². The van der Waals surface area contributed by atoms with Crippen molar-refractivity contribution in [2.24, 2.45) is 10.9 Å². The average molecular weight is 155 g/mol. The van der Waals surface area contributed by atoms with Crippen molar-refractivity contribution >= 4 is 6.21 Å². The van der Waals surface area contributed by atoms with Crippen LogP contribution in [0.5, 0.6) is 0 Å². The fourth-order valence-corrected chi connectivity index (χ4v) is 0.385. The second-order valence-electron chi connectivity index (χ2n) is 2.47. The maximum Gasteiger partial charge on any atom is 0.0277 e. The van der Waals surface area contributed by atoms with Crippen LogP contribution in [0.15, 0.2) is 16.6 Å². The van der Waals surface area contributed by atoms with E-state index in [-0.39, 0.29) is 0 Å². The first-order valence-electron chi connectivity index (χ1n) is 4.27. The van der Waals surface area contributed by atoms with Gasteiger partial charge in [-0.1, -0.05) is 33.3 Å². The Morgan fingerprint density at radius 2 is 1.73 bits per heavy atom. The topological polar surface area (TPSA) is 12.4 Å². The van der Waals surface area contributed by atoms with Gasteiger partial charge in [0, 0.05) is 13.3 Å². The highest BCUT2D eigenvalue weighted by molar-refractivity contribution is 5.71. The van der Waals surface area contributed by atoms with Crippen LogP contribution in [0.4, 0.5) is 0 Å². The van der Waals surface area contributed by atoms with Crippen molar-refractivity contribution in [1.82, 2.24) is 0 Å². The molecule has 0 aromatic carbocycles. The van der Waals surface area contributed by atoms with Gasteiger partial charge in [-0.3, -0.25) is 4.99 Å². The summed E-state index contributed by atoms with van der Waals surface area (Å²) >= 11 is 0. The van der Waals surface area contributed by atoms with E-state index in [1.165, 1.54) is 5.57 Å². The number of allylic oxidation sites excluding steroid dienone is 2. The Kier molecular flexibility index (Phi) is 11.1. The van der Waals surface area contributed by atoms with Crippen LogP contribution in [0.1, 0.15) is 34.6 Å². The smallest absolute Gasteiger partial charge is 0.0277 e. The molecule has 0 saturated carbocycles. The number of nitrogens with zero attached hydrogens (tertiary/aromatic N) is 1. The molecule has 0 aromatic rings. The van der Waals surface area contributed by atoms with Crippen LogP contribution in [-0.2, 0) is 0 Å². The summed E-state index contributed by atoms with van der Waals surface area (Å²) in [5, 5.41) is 0. The van der Waals surface area contributed by atoms with Gasteiger partial charge in [0.25, 0.3) is 0 Å². The van der Waals surface area contributed by atoms with E-state index in [0.29, 0.717) is 5.92 Å². The molecule has 0 aliphatic rings. The molecular formula is C10H21N. The normalized spacial score (nSPS) is 11.7. The van der Waals surface area contributed by atoms with Gasteiger partial charge in [-0.15, -0.1) is 0 Å². The van der Waals surface area contributed by atoms with E-state index >= 15 is 0 Å². The molecule has 66 valence electrons. The van der Waals surface area contributed by atoms with Crippen LogP contribution in [0, 0.1) is 5.92 Å². The first kappa shape index (κ1) is 13.0. The summed E-state index contributed by atoms with van der Waals surface area (Å²) in [7, 11) is 1.78. The van der Waals surface area contributed by atoms with E-state index in [1.54, 1.807) is 7.05 Å². The van der Waals surface area contributed by atoms with Gasteiger partial charge in [0.2, 0.25) is 0 Å². The van der Waals surface area contributed by atoms with Crippen LogP contribution < -0.4 is 0 Å². The van der Waals surface area contributed by atoms with Crippen molar-refractivity contribution in [3.05, 3.63) is 11.6 Å². The van der Waals surface area contributed by atoms with Gasteiger partial charge in [-0.25, -0.2) is 0 Å². The Balaban J connectivity index is 0. The van der Waals surface area contributed by atoms with Crippen LogP contribution in [0.3, 0.4) is 0 Å². The second-order valence-corrected chi connectivity index (χ2v) is 2.47. The van der Waals surface area contributed by atoms with Crippen molar-refractivity contribution < 1.29 is 0 Å². The first-order chi connectivity index (χ1) is 5.18. The largest absolute Gasteiger partial charge is 0.297 e. The lowest BCUT2D eigenvalue weighted by atomic mass is 10.1. The Labute approximate surface area is 71.2 Å². The van der Waals surface area contributed by atoms with Gasteiger partial charge in [-0.05, 0) is 18.9 Å². The standard InChI is InChI=1S/C8H15N.C2H6/c1-7(2)8(3)5-6-9-4;1-2/h5-7H,1-4H3;1-2H3/b8-5+,9-6?;. The van der Waals surface area contributed by atoms with E-state index in [9.17, 15) is 0 Å². The van der Waals surface area contributed by atoms with Crippen LogP contribution in [-0.4, -0.2) is 13.3 Å². The molecule has 1 nitrogen and oxygen atoms in total. The van der Waals surface area contributed by atoms with Crippen LogP contribution in [0.25, 0.3) is 0 Å². The fourth-order valence-electron chi connectivity index (χ4n) is 0.385. The van der Waals surface area contributed by atoms with Crippen molar-refractivity contribution in [1.29, 1.82) is 0 Å². The minimum Gasteiger partial charge on any atom is -0.297 e. The highest BCUT2D eigenvalue weighted by Gasteiger charge is 1.91. The second kappa shape index (κ2) is 9.41. The molecular weight excluding hydrogens is 134 g/mol. The highest BCUT2D eigenvalue weighted by Crippen LogP contribution is 2.05. The SMILES string of the molecule is CC.CN=C/C=C(\C)C(C)C. The molecule has 11 heavy (non-hydrogen) atoms. The molecule has 0 unspecified atom stereocenters. The summed E-state index contributed by atoms with van der Waals surface area (Å²) < 4.78 is 0. The number of hydrogen-bond donors (Lipinski definition) is 0. The lowest BCUT2D eigenvalue weighted by Crippen LogP contribution is -1.87. The summed E-state index contributed by atoms with van der Waals surface area (Å²) in [6.45, 7) is 10.5. The van der Waals surface area contributed by atoms with Gasteiger partial charge in [-0.2, -0.15) is 0 Å². The minimum absolute atomic E-state index is 0.642. The molecule has 0 atom stereocenters. The molecule has 0 rings (SSSR count). The van der Waals surface area contributed by atoms with Gasteiger partial charge in [0.05, 0.1) is 0 Å². The van der Waals surface area contributed by atoms with E-state index in [0.717, 1.165) is 0 Å². The molecule has 1 heteroatoms. The third kappa shape index (κ3) is 9.41. The van der Waals surface area contributed by atoms with E-state index in [1.807, 2.05) is 26.1 Å². The van der Waals surface area contributed by atoms with E-state index < -0.39 is 0 Å². The Hall–Kier alpha value is -0.590. The average Bonchev–Trinajstić information content (AvgIpc) is 2.03. The molecule has 0 heterocycles. The third-order valence-electron chi connectivity index (χ3n) is 1.40. The minimum atomic E-state index is 0.642. The van der Waals surface area contributed by atoms with Crippen molar-refractivity contribution in [3.8, 4) is 0 Å². The number of aliphatic imine (C=N–C) groups is 1. The zero-order valence-corrected chi connectivity index (χ0v) is 8.68. The summed E-state index contributed by atoms with van der Waals surface area (Å²) in [5.74, 6) is 0.642. The van der Waals surface area contributed by atoms with Crippen molar-refractivity contribution in [3.63, 3.8) is 0 Å². The predicted molar refractivity (Wildman–Crippen MR) is 54.4 cm³/mol. The molecule has 0 radical (unpaired) electrons. The fraction of sp³-hybridized carbons (Fsp3) is 0.700. The van der Waals surface area contributed by atoms with E-state index in [4.69, 9.17) is 0 Å². The lowest BCUT2D eigenvalue weighted by Gasteiger charge is -2.00. The molecule has 0 saturated heterocycles. The van der Waals surface area contributed by atoms with Crippen molar-refractivity contribution in [2.45, 2.75) is 34.6 Å². The Morgan fingerprint density at radius 3 is 2.00 bits per heavy atom. The summed E-state index contributed by atoms with van der Waals surface area (Å²) in [6, 6.07) is 0. The van der Waals surface area contributed by atoms with Gasteiger partial charge >= 0.3 is 0 Å². The quantitative estimate of drug-likeness (QED) is 0.542. The molecule has 0 fully saturated rings.